The fourth-order valence-corrected chi connectivity index (χ4v) is 1.27. The fourth-order valence-electron chi connectivity index (χ4n) is 1.27. The molecule has 1 aromatic rings. The van der Waals surface area contributed by atoms with E-state index >= 15 is 0 Å². The van der Waals surface area contributed by atoms with Crippen LogP contribution in [0.5, 0.6) is 0 Å². The second-order valence-electron chi connectivity index (χ2n) is 3.14. The molecule has 0 bridgehead atoms. The maximum absolute atomic E-state index is 8.42. The Kier molecular flexibility index (Phi) is 4.73. The molecular weight excluding hydrogens is 178 g/mol. The number of imidazole rings is 1. The van der Waals surface area contributed by atoms with Gasteiger partial charge in [-0.3, -0.25) is 0 Å². The lowest BCUT2D eigenvalue weighted by atomic mass is 10.4. The summed E-state index contributed by atoms with van der Waals surface area (Å²) in [5.74, 6) is 0. The predicted molar refractivity (Wildman–Crippen MR) is 51.4 cm³/mol. The minimum atomic E-state index is 0.562. The Morgan fingerprint density at radius 1 is 1.57 bits per heavy atom. The number of nitriles is 1. The van der Waals surface area contributed by atoms with Crippen LogP contribution in [0.2, 0.25) is 0 Å². The molecule has 0 fully saturated rings. The van der Waals surface area contributed by atoms with Gasteiger partial charge in [0.25, 0.3) is 0 Å². The Morgan fingerprint density at radius 3 is 3.14 bits per heavy atom. The quantitative estimate of drug-likeness (QED) is 0.495. The highest BCUT2D eigenvalue weighted by Gasteiger charge is 2.02. The minimum Gasteiger partial charge on any atom is -0.385 e. The Hall–Kier alpha value is -1.34. The minimum absolute atomic E-state index is 0.562. The van der Waals surface area contributed by atoms with Gasteiger partial charge in [0.1, 0.15) is 18.9 Å². The van der Waals surface area contributed by atoms with Crippen LogP contribution in [0.15, 0.2) is 18.7 Å². The lowest BCUT2D eigenvalue weighted by Gasteiger charge is -1.95. The molecule has 0 unspecified atom stereocenters. The van der Waals surface area contributed by atoms with Gasteiger partial charge in [-0.2, -0.15) is 5.26 Å². The van der Waals surface area contributed by atoms with Crippen molar-refractivity contribution in [2.45, 2.75) is 25.9 Å². The first kappa shape index (κ1) is 10.7. The molecule has 0 aliphatic carbocycles. The van der Waals surface area contributed by atoms with Crippen LogP contribution in [0, 0.1) is 11.3 Å². The molecule has 0 aromatic carbocycles. The average molecular weight is 194 g/mol. The first-order chi connectivity index (χ1) is 6.86. The molecule has 1 heterocycles. The van der Waals surface area contributed by atoms with Gasteiger partial charge in [0.05, 0.1) is 19.0 Å². The third-order valence-corrected chi connectivity index (χ3v) is 1.99. The second-order valence-corrected chi connectivity index (χ2v) is 3.14. The molecule has 0 N–H and O–H groups in total. The van der Waals surface area contributed by atoms with Gasteiger partial charge in [0, 0.05) is 20.1 Å². The first-order valence-corrected chi connectivity index (χ1v) is 4.77. The van der Waals surface area contributed by atoms with Crippen LogP contribution in [-0.4, -0.2) is 18.3 Å². The zero-order valence-electron chi connectivity index (χ0n) is 8.52. The molecule has 14 heavy (non-hydrogen) atoms. The van der Waals surface area contributed by atoms with E-state index in [4.69, 9.17) is 10.00 Å². The number of ether oxygens (including phenoxy) is 1. The molecule has 1 rings (SSSR count). The lowest BCUT2D eigenvalue weighted by Crippen LogP contribution is -2.30. The standard InChI is InChI=1S/C10H16N3O/c1-14-9-3-6-13-8-7-12(10-13)5-2-4-11/h7-8,10H,2-3,5-6,9H2,1H3/q+1. The summed E-state index contributed by atoms with van der Waals surface area (Å²) < 4.78 is 9.10. The van der Waals surface area contributed by atoms with E-state index in [2.05, 4.69) is 10.6 Å². The summed E-state index contributed by atoms with van der Waals surface area (Å²) in [6, 6.07) is 2.13. The highest BCUT2D eigenvalue weighted by atomic mass is 16.5. The lowest BCUT2D eigenvalue weighted by molar-refractivity contribution is -0.695. The van der Waals surface area contributed by atoms with Crippen molar-refractivity contribution in [1.82, 2.24) is 4.57 Å². The van der Waals surface area contributed by atoms with Gasteiger partial charge in [0.2, 0.25) is 6.33 Å². The van der Waals surface area contributed by atoms with Crippen molar-refractivity contribution in [3.05, 3.63) is 18.7 Å². The van der Waals surface area contributed by atoms with E-state index in [0.29, 0.717) is 6.42 Å². The van der Waals surface area contributed by atoms with Gasteiger partial charge < -0.3 is 4.74 Å². The molecule has 0 spiro atoms. The number of aryl methyl sites for hydroxylation is 2. The summed E-state index contributed by atoms with van der Waals surface area (Å²) in [6.45, 7) is 2.53. The molecular formula is C10H16N3O+. The van der Waals surface area contributed by atoms with E-state index in [1.165, 1.54) is 0 Å². The van der Waals surface area contributed by atoms with Gasteiger partial charge in [0.15, 0.2) is 0 Å². The van der Waals surface area contributed by atoms with Gasteiger partial charge in [-0.1, -0.05) is 0 Å². The van der Waals surface area contributed by atoms with Crippen LogP contribution in [0.4, 0.5) is 0 Å². The molecule has 0 aliphatic rings. The third kappa shape index (κ3) is 3.58. The van der Waals surface area contributed by atoms with E-state index in [-0.39, 0.29) is 0 Å². The van der Waals surface area contributed by atoms with Crippen molar-refractivity contribution in [2.24, 2.45) is 0 Å². The molecule has 0 atom stereocenters. The molecule has 0 aliphatic heterocycles. The fraction of sp³-hybridized carbons (Fsp3) is 0.600. The molecule has 76 valence electrons. The molecule has 0 saturated heterocycles. The summed E-state index contributed by atoms with van der Waals surface area (Å²) in [5, 5.41) is 8.42. The zero-order chi connectivity index (χ0) is 10.2. The number of hydrogen-bond acceptors (Lipinski definition) is 2. The van der Waals surface area contributed by atoms with Crippen molar-refractivity contribution in [3.63, 3.8) is 0 Å². The van der Waals surface area contributed by atoms with E-state index in [9.17, 15) is 0 Å². The molecule has 1 aromatic heterocycles. The Labute approximate surface area is 84.3 Å². The van der Waals surface area contributed by atoms with Gasteiger partial charge in [-0.25, -0.2) is 9.13 Å². The number of hydrogen-bond donors (Lipinski definition) is 0. The van der Waals surface area contributed by atoms with Crippen LogP contribution in [-0.2, 0) is 17.8 Å². The predicted octanol–water partition coefficient (Wildman–Crippen LogP) is 0.726. The maximum atomic E-state index is 8.42. The number of aromatic nitrogens is 2. The number of rotatable bonds is 6. The van der Waals surface area contributed by atoms with E-state index in [1.807, 2.05) is 23.3 Å². The SMILES string of the molecule is COCCCn1cc[n+](CCC#N)c1. The Balaban J connectivity index is 2.32. The van der Waals surface area contributed by atoms with E-state index in [1.54, 1.807) is 7.11 Å². The summed E-state index contributed by atoms with van der Waals surface area (Å²) in [6.07, 6.45) is 7.61. The van der Waals surface area contributed by atoms with Crippen LogP contribution in [0.3, 0.4) is 0 Å². The van der Waals surface area contributed by atoms with Crippen molar-refractivity contribution in [2.75, 3.05) is 13.7 Å². The Morgan fingerprint density at radius 2 is 2.43 bits per heavy atom. The highest BCUT2D eigenvalue weighted by molar-refractivity contribution is 4.68. The molecule has 0 amide bonds. The molecule has 4 nitrogen and oxygen atoms in total. The van der Waals surface area contributed by atoms with Crippen LogP contribution in [0.25, 0.3) is 0 Å². The monoisotopic (exact) mass is 194 g/mol. The van der Waals surface area contributed by atoms with Crippen molar-refractivity contribution >= 4 is 0 Å². The van der Waals surface area contributed by atoms with Crippen LogP contribution in [0.1, 0.15) is 12.8 Å². The smallest absolute Gasteiger partial charge is 0.243 e. The van der Waals surface area contributed by atoms with Crippen LogP contribution < -0.4 is 4.57 Å². The van der Waals surface area contributed by atoms with Crippen molar-refractivity contribution in [3.8, 4) is 6.07 Å². The van der Waals surface area contributed by atoms with E-state index in [0.717, 1.165) is 26.1 Å². The normalized spacial score (nSPS) is 10.0. The van der Waals surface area contributed by atoms with E-state index < -0.39 is 0 Å². The molecule has 0 radical (unpaired) electrons. The zero-order valence-corrected chi connectivity index (χ0v) is 8.52. The summed E-state index contributed by atoms with van der Waals surface area (Å²) in [5.41, 5.74) is 0. The number of nitrogens with zero attached hydrogens (tertiary/aromatic N) is 3. The molecule has 0 saturated carbocycles. The van der Waals surface area contributed by atoms with Crippen LogP contribution >= 0.6 is 0 Å². The topological polar surface area (TPSA) is 41.8 Å². The summed E-state index contributed by atoms with van der Waals surface area (Å²) in [4.78, 5) is 0. The third-order valence-electron chi connectivity index (χ3n) is 1.99. The maximum Gasteiger partial charge on any atom is 0.243 e. The average Bonchev–Trinajstić information content (AvgIpc) is 2.63. The largest absolute Gasteiger partial charge is 0.385 e. The molecule has 4 heteroatoms. The van der Waals surface area contributed by atoms with Crippen molar-refractivity contribution < 1.29 is 9.30 Å². The van der Waals surface area contributed by atoms with Gasteiger partial charge in [-0.05, 0) is 0 Å². The first-order valence-electron chi connectivity index (χ1n) is 4.77. The van der Waals surface area contributed by atoms with Gasteiger partial charge >= 0.3 is 0 Å². The summed E-state index contributed by atoms with van der Waals surface area (Å²) >= 11 is 0. The second kappa shape index (κ2) is 6.17. The van der Waals surface area contributed by atoms with Crippen molar-refractivity contribution in [1.29, 1.82) is 5.26 Å². The highest BCUT2D eigenvalue weighted by Crippen LogP contribution is 1.90. The Bertz CT molecular complexity index is 301. The summed E-state index contributed by atoms with van der Waals surface area (Å²) in [7, 11) is 1.71. The number of methoxy groups -OCH3 is 1. The van der Waals surface area contributed by atoms with Gasteiger partial charge in [-0.15, -0.1) is 0 Å².